The molecule has 0 atom stereocenters. The van der Waals surface area contributed by atoms with Crippen LogP contribution in [0.5, 0.6) is 0 Å². The van der Waals surface area contributed by atoms with Gasteiger partial charge in [-0.05, 0) is 21.1 Å². The molecule has 0 spiro atoms. The Morgan fingerprint density at radius 1 is 1.00 bits per heavy atom. The van der Waals surface area contributed by atoms with E-state index in [1.807, 2.05) is 26.0 Å². The molecule has 0 saturated carbocycles. The summed E-state index contributed by atoms with van der Waals surface area (Å²) in [6.07, 6.45) is 0. The molecule has 0 radical (unpaired) electrons. The summed E-state index contributed by atoms with van der Waals surface area (Å²) < 4.78 is 0. The first kappa shape index (κ1) is 15.7. The fourth-order valence-corrected chi connectivity index (χ4v) is 0. The Balaban J connectivity index is -0.0000000480. The zero-order chi connectivity index (χ0) is 5.58. The van der Waals surface area contributed by atoms with Crippen molar-refractivity contribution in [3.63, 3.8) is 0 Å². The molecule has 0 unspecified atom stereocenters. The molecule has 0 rings (SSSR count). The highest BCUT2D eigenvalue weighted by molar-refractivity contribution is 5.85. The first-order valence-corrected chi connectivity index (χ1v) is 1.79. The van der Waals surface area contributed by atoms with Crippen LogP contribution in [0.4, 0.5) is 0 Å². The molecule has 2 nitrogen and oxygen atoms in total. The van der Waals surface area contributed by atoms with Gasteiger partial charge in [-0.2, -0.15) is 0 Å². The smallest absolute Gasteiger partial charge is 0.0319 e. The molecule has 48 valence electrons. The predicted octanol–water partition coefficient (Wildman–Crippen LogP) is 0.208. The van der Waals surface area contributed by atoms with Crippen LogP contribution < -0.4 is 0 Å². The number of hydrogen-bond donors (Lipinski definition) is 1. The monoisotopic (exact) mass is 127 g/mol. The van der Waals surface area contributed by atoms with E-state index in [-0.39, 0.29) is 12.4 Å². The van der Waals surface area contributed by atoms with Crippen LogP contribution in [0.2, 0.25) is 0 Å². The van der Waals surface area contributed by atoms with Gasteiger partial charge >= 0.3 is 0 Å². The summed E-state index contributed by atoms with van der Waals surface area (Å²) >= 11 is 0. The number of nitrogens with zero attached hydrogens (tertiary/aromatic N) is 1. The maximum Gasteiger partial charge on any atom is 0.0319 e. The number of aliphatic hydroxyl groups is 1. The van der Waals surface area contributed by atoms with Crippen molar-refractivity contribution in [3.8, 4) is 0 Å². The van der Waals surface area contributed by atoms with Gasteiger partial charge in [-0.3, -0.25) is 0 Å². The lowest BCUT2D eigenvalue weighted by Crippen LogP contribution is -1.99. The lowest BCUT2D eigenvalue weighted by atomic mass is 11.0. The van der Waals surface area contributed by atoms with E-state index >= 15 is 0 Å². The van der Waals surface area contributed by atoms with Gasteiger partial charge in [0.25, 0.3) is 0 Å². The number of halogens is 1. The van der Waals surface area contributed by atoms with Crippen molar-refractivity contribution in [2.24, 2.45) is 0 Å². The largest absolute Gasteiger partial charge is 0.400 e. The molecule has 0 fully saturated rings. The summed E-state index contributed by atoms with van der Waals surface area (Å²) in [6, 6.07) is 0. The summed E-state index contributed by atoms with van der Waals surface area (Å²) in [6.45, 7) is 0. The second-order valence-electron chi connectivity index (χ2n) is 1.34. The predicted molar refractivity (Wildman–Crippen MR) is 35.0 cm³/mol. The van der Waals surface area contributed by atoms with Gasteiger partial charge in [0.15, 0.2) is 0 Å². The van der Waals surface area contributed by atoms with Crippen molar-refractivity contribution in [1.82, 2.24) is 4.90 Å². The van der Waals surface area contributed by atoms with Crippen molar-refractivity contribution < 1.29 is 5.11 Å². The number of hydrogen-bond acceptors (Lipinski definition) is 2. The third-order valence-electron chi connectivity index (χ3n) is 0. The van der Waals surface area contributed by atoms with E-state index in [1.165, 1.54) is 0 Å². The maximum atomic E-state index is 7.00. The van der Waals surface area contributed by atoms with Crippen LogP contribution >= 0.6 is 12.4 Å². The maximum absolute atomic E-state index is 7.00. The van der Waals surface area contributed by atoms with E-state index in [9.17, 15) is 0 Å². The van der Waals surface area contributed by atoms with Crippen molar-refractivity contribution >= 4 is 12.4 Å². The topological polar surface area (TPSA) is 23.5 Å². The quantitative estimate of drug-likeness (QED) is 0.503. The fourth-order valence-electron chi connectivity index (χ4n) is 0. The Kier molecular flexibility index (Phi) is 36.7. The molecular weight excluding hydrogens is 114 g/mol. The van der Waals surface area contributed by atoms with Gasteiger partial charge < -0.3 is 10.0 Å². The summed E-state index contributed by atoms with van der Waals surface area (Å²) in [7, 11) is 7.00. The minimum absolute atomic E-state index is 0. The van der Waals surface area contributed by atoms with Crippen LogP contribution in [-0.2, 0) is 0 Å². The van der Waals surface area contributed by atoms with Crippen molar-refractivity contribution in [3.05, 3.63) is 0 Å². The third-order valence-corrected chi connectivity index (χ3v) is 0. The molecule has 0 saturated heterocycles. The lowest BCUT2D eigenvalue weighted by Gasteiger charge is -1.90. The number of rotatable bonds is 0. The molecule has 0 aromatic rings. The summed E-state index contributed by atoms with van der Waals surface area (Å²) in [5, 5.41) is 7.00. The van der Waals surface area contributed by atoms with Crippen LogP contribution in [0, 0.1) is 0 Å². The van der Waals surface area contributed by atoms with Gasteiger partial charge in [-0.15, -0.1) is 12.4 Å². The molecule has 0 aliphatic carbocycles. The Labute approximate surface area is 51.5 Å². The Hall–Kier alpha value is 0.210. The van der Waals surface area contributed by atoms with Crippen molar-refractivity contribution in [1.29, 1.82) is 0 Å². The minimum atomic E-state index is 0. The van der Waals surface area contributed by atoms with Crippen LogP contribution in [0.1, 0.15) is 0 Å². The molecule has 0 bridgehead atoms. The molecule has 0 amide bonds. The van der Waals surface area contributed by atoms with E-state index < -0.39 is 0 Å². The first-order valence-electron chi connectivity index (χ1n) is 1.79. The van der Waals surface area contributed by atoms with E-state index in [1.54, 1.807) is 0 Å². The zero-order valence-corrected chi connectivity index (χ0v) is 6.12. The van der Waals surface area contributed by atoms with Crippen molar-refractivity contribution in [2.45, 2.75) is 0 Å². The van der Waals surface area contributed by atoms with E-state index in [0.29, 0.717) is 0 Å². The average Bonchev–Trinajstić information content (AvgIpc) is 1.41. The molecule has 7 heavy (non-hydrogen) atoms. The van der Waals surface area contributed by atoms with Gasteiger partial charge in [0.1, 0.15) is 0 Å². The molecular formula is C4H14ClNO. The Morgan fingerprint density at radius 3 is 1.00 bits per heavy atom. The highest BCUT2D eigenvalue weighted by Gasteiger charge is 1.58. The standard InChI is InChI=1S/C3H9N.CH4O.ClH/c1-4(2)3;1-2;/h1-3H3;2H,1H3;1H. The van der Waals surface area contributed by atoms with E-state index in [2.05, 4.69) is 0 Å². The first-order chi connectivity index (χ1) is 2.73. The van der Waals surface area contributed by atoms with Crippen LogP contribution in [-0.4, -0.2) is 38.3 Å². The number of aliphatic hydroxyl groups excluding tert-OH is 1. The van der Waals surface area contributed by atoms with Gasteiger partial charge in [0, 0.05) is 7.11 Å². The molecule has 0 aliphatic heterocycles. The second-order valence-corrected chi connectivity index (χ2v) is 1.34. The molecule has 0 heterocycles. The van der Waals surface area contributed by atoms with Gasteiger partial charge in [0.05, 0.1) is 0 Å². The lowest BCUT2D eigenvalue weighted by molar-refractivity contribution is 0.399. The second kappa shape index (κ2) is 16.4. The van der Waals surface area contributed by atoms with Gasteiger partial charge in [-0.1, -0.05) is 0 Å². The normalized spacial score (nSPS) is 6.00. The fraction of sp³-hybridized carbons (Fsp3) is 1.00. The zero-order valence-electron chi connectivity index (χ0n) is 5.30. The molecule has 0 aromatic carbocycles. The SMILES string of the molecule is CN(C)C.CO.Cl. The van der Waals surface area contributed by atoms with Crippen LogP contribution in [0.3, 0.4) is 0 Å². The minimum Gasteiger partial charge on any atom is -0.400 e. The molecule has 3 heteroatoms. The average molecular weight is 128 g/mol. The van der Waals surface area contributed by atoms with Crippen LogP contribution in [0.15, 0.2) is 0 Å². The summed E-state index contributed by atoms with van der Waals surface area (Å²) in [5.74, 6) is 0. The van der Waals surface area contributed by atoms with Gasteiger partial charge in [0.2, 0.25) is 0 Å². The van der Waals surface area contributed by atoms with E-state index in [4.69, 9.17) is 5.11 Å². The third kappa shape index (κ3) is 2500. The highest BCUT2D eigenvalue weighted by Crippen LogP contribution is 1.47. The molecule has 1 N–H and O–H groups in total. The van der Waals surface area contributed by atoms with Crippen LogP contribution in [0.25, 0.3) is 0 Å². The Morgan fingerprint density at radius 2 is 1.00 bits per heavy atom. The highest BCUT2D eigenvalue weighted by atomic mass is 35.5. The summed E-state index contributed by atoms with van der Waals surface area (Å²) in [4.78, 5) is 2.00. The summed E-state index contributed by atoms with van der Waals surface area (Å²) in [5.41, 5.74) is 0. The van der Waals surface area contributed by atoms with Crippen molar-refractivity contribution in [2.75, 3.05) is 28.3 Å². The van der Waals surface area contributed by atoms with E-state index in [0.717, 1.165) is 7.11 Å². The molecule has 0 aliphatic rings. The van der Waals surface area contributed by atoms with Gasteiger partial charge in [-0.25, -0.2) is 0 Å². The molecule has 0 aromatic heterocycles. The Bertz CT molecular complexity index is 16.4.